The summed E-state index contributed by atoms with van der Waals surface area (Å²) in [5.41, 5.74) is 3.67. The number of hydrogen-bond acceptors (Lipinski definition) is 6. The molecule has 1 aliphatic rings. The summed E-state index contributed by atoms with van der Waals surface area (Å²) in [7, 11) is 0. The maximum atomic E-state index is 13.2. The third-order valence-corrected chi connectivity index (χ3v) is 7.46. The molecule has 5 rings (SSSR count). The summed E-state index contributed by atoms with van der Waals surface area (Å²) in [5, 5.41) is 5.83. The van der Waals surface area contributed by atoms with E-state index in [4.69, 9.17) is 22.3 Å². The fourth-order valence-electron chi connectivity index (χ4n) is 3.58. The second kappa shape index (κ2) is 8.97. The van der Waals surface area contributed by atoms with Crippen LogP contribution in [0, 0.1) is 0 Å². The molecule has 0 unspecified atom stereocenters. The number of thioether (sulfide) groups is 1. The SMILES string of the molecule is CCCc1nn2c(/C=C3\SC(=S)N(Cc4ccccc4)C3=O)c(-c3ccccc3)nc2s1. The molecule has 0 bridgehead atoms. The highest BCUT2D eigenvalue weighted by Crippen LogP contribution is 2.36. The first-order valence-electron chi connectivity index (χ1n) is 10.4. The van der Waals surface area contributed by atoms with Crippen LogP contribution in [0.15, 0.2) is 65.6 Å². The van der Waals surface area contributed by atoms with E-state index >= 15 is 0 Å². The number of rotatable bonds is 6. The minimum absolute atomic E-state index is 0.0816. The van der Waals surface area contributed by atoms with E-state index in [1.807, 2.05) is 71.3 Å². The number of carbonyl (C=O) groups is 1. The van der Waals surface area contributed by atoms with Crippen molar-refractivity contribution < 1.29 is 4.79 Å². The molecule has 0 saturated carbocycles. The van der Waals surface area contributed by atoms with Gasteiger partial charge in [0.15, 0.2) is 0 Å². The van der Waals surface area contributed by atoms with Gasteiger partial charge in [-0.3, -0.25) is 9.69 Å². The van der Waals surface area contributed by atoms with Gasteiger partial charge in [-0.15, -0.1) is 0 Å². The minimum Gasteiger partial charge on any atom is -0.288 e. The Bertz CT molecular complexity index is 1330. The van der Waals surface area contributed by atoms with E-state index in [1.165, 1.54) is 11.8 Å². The highest BCUT2D eigenvalue weighted by molar-refractivity contribution is 8.26. The molecule has 1 aliphatic heterocycles. The fourth-order valence-corrected chi connectivity index (χ4v) is 5.82. The Morgan fingerprint density at radius 1 is 1.06 bits per heavy atom. The molecular formula is C24H20N4OS3. The van der Waals surface area contributed by atoms with Crippen molar-refractivity contribution >= 4 is 56.6 Å². The molecule has 5 nitrogen and oxygen atoms in total. The quantitative estimate of drug-likeness (QED) is 0.260. The largest absolute Gasteiger partial charge is 0.288 e. The molecule has 0 aliphatic carbocycles. The van der Waals surface area contributed by atoms with E-state index in [0.29, 0.717) is 15.8 Å². The summed E-state index contributed by atoms with van der Waals surface area (Å²) in [6.07, 6.45) is 3.82. The lowest BCUT2D eigenvalue weighted by Gasteiger charge is -2.14. The van der Waals surface area contributed by atoms with E-state index < -0.39 is 0 Å². The van der Waals surface area contributed by atoms with E-state index in [-0.39, 0.29) is 5.91 Å². The summed E-state index contributed by atoms with van der Waals surface area (Å²) in [4.78, 5) is 21.2. The molecule has 0 atom stereocenters. The lowest BCUT2D eigenvalue weighted by atomic mass is 10.1. The van der Waals surface area contributed by atoms with Crippen molar-refractivity contribution in [3.8, 4) is 11.3 Å². The van der Waals surface area contributed by atoms with Crippen molar-refractivity contribution in [2.75, 3.05) is 0 Å². The van der Waals surface area contributed by atoms with Crippen LogP contribution in [0.4, 0.5) is 0 Å². The van der Waals surface area contributed by atoms with Gasteiger partial charge in [0, 0.05) is 12.0 Å². The third-order valence-electron chi connectivity index (χ3n) is 5.12. The number of aromatic nitrogens is 3. The molecule has 4 aromatic rings. The molecular weight excluding hydrogens is 456 g/mol. The van der Waals surface area contributed by atoms with Crippen molar-refractivity contribution in [2.45, 2.75) is 26.3 Å². The Kier molecular flexibility index (Phi) is 5.91. The van der Waals surface area contributed by atoms with Crippen molar-refractivity contribution in [1.29, 1.82) is 0 Å². The van der Waals surface area contributed by atoms with Crippen LogP contribution >= 0.6 is 35.3 Å². The first-order valence-corrected chi connectivity index (χ1v) is 12.4. The van der Waals surface area contributed by atoms with Crippen molar-refractivity contribution in [2.24, 2.45) is 0 Å². The van der Waals surface area contributed by atoms with Crippen LogP contribution in [-0.2, 0) is 17.8 Å². The molecule has 2 aromatic carbocycles. The van der Waals surface area contributed by atoms with Crippen LogP contribution in [0.1, 0.15) is 29.6 Å². The number of amides is 1. The van der Waals surface area contributed by atoms with Gasteiger partial charge in [0.25, 0.3) is 5.91 Å². The normalized spacial score (nSPS) is 15.4. The van der Waals surface area contributed by atoms with Crippen LogP contribution < -0.4 is 0 Å². The zero-order valence-electron chi connectivity index (χ0n) is 17.4. The minimum atomic E-state index is -0.0816. The summed E-state index contributed by atoms with van der Waals surface area (Å²) < 4.78 is 2.43. The number of benzene rings is 2. The van der Waals surface area contributed by atoms with Gasteiger partial charge >= 0.3 is 0 Å². The summed E-state index contributed by atoms with van der Waals surface area (Å²) in [5.74, 6) is -0.0816. The number of thiocarbonyl (C=S) groups is 1. The molecule has 160 valence electrons. The number of nitrogens with zero attached hydrogens (tertiary/aromatic N) is 4. The molecule has 1 fully saturated rings. The zero-order valence-corrected chi connectivity index (χ0v) is 19.8. The van der Waals surface area contributed by atoms with Crippen molar-refractivity contribution in [1.82, 2.24) is 19.5 Å². The topological polar surface area (TPSA) is 50.5 Å². The summed E-state index contributed by atoms with van der Waals surface area (Å²) in [6, 6.07) is 19.9. The second-order valence-electron chi connectivity index (χ2n) is 7.41. The zero-order chi connectivity index (χ0) is 22.1. The summed E-state index contributed by atoms with van der Waals surface area (Å²) >= 11 is 8.47. The highest BCUT2D eigenvalue weighted by atomic mass is 32.2. The number of carbonyl (C=O) groups excluding carboxylic acids is 1. The van der Waals surface area contributed by atoms with E-state index in [2.05, 4.69) is 6.92 Å². The summed E-state index contributed by atoms with van der Waals surface area (Å²) in [6.45, 7) is 2.60. The number of imidazole rings is 1. The molecule has 0 N–H and O–H groups in total. The van der Waals surface area contributed by atoms with Crippen LogP contribution in [0.25, 0.3) is 22.3 Å². The third kappa shape index (κ3) is 4.01. The van der Waals surface area contributed by atoms with Crippen LogP contribution in [0.3, 0.4) is 0 Å². The number of aryl methyl sites for hydroxylation is 1. The average Bonchev–Trinajstić information content (AvgIpc) is 3.43. The Morgan fingerprint density at radius 3 is 2.50 bits per heavy atom. The molecule has 32 heavy (non-hydrogen) atoms. The monoisotopic (exact) mass is 476 g/mol. The number of hydrogen-bond donors (Lipinski definition) is 0. The first-order chi connectivity index (χ1) is 15.6. The Morgan fingerprint density at radius 2 is 1.78 bits per heavy atom. The molecule has 2 aromatic heterocycles. The molecule has 0 spiro atoms. The first kappa shape index (κ1) is 21.1. The van der Waals surface area contributed by atoms with Crippen molar-refractivity contribution in [3.63, 3.8) is 0 Å². The predicted octanol–water partition coefficient (Wildman–Crippen LogP) is 5.81. The van der Waals surface area contributed by atoms with Crippen LogP contribution in [0.2, 0.25) is 0 Å². The Balaban J connectivity index is 1.56. The van der Waals surface area contributed by atoms with Crippen LogP contribution in [0.5, 0.6) is 0 Å². The van der Waals surface area contributed by atoms with Gasteiger partial charge in [-0.25, -0.2) is 9.50 Å². The molecule has 1 amide bonds. The highest BCUT2D eigenvalue weighted by Gasteiger charge is 2.33. The van der Waals surface area contributed by atoms with Gasteiger partial charge in [-0.05, 0) is 18.1 Å². The van der Waals surface area contributed by atoms with Gasteiger partial charge in [0.2, 0.25) is 4.96 Å². The van der Waals surface area contributed by atoms with Gasteiger partial charge in [-0.2, -0.15) is 5.10 Å². The van der Waals surface area contributed by atoms with E-state index in [9.17, 15) is 4.79 Å². The molecule has 3 heterocycles. The van der Waals surface area contributed by atoms with Crippen LogP contribution in [-0.4, -0.2) is 29.7 Å². The number of fused-ring (bicyclic) bond motifs is 1. The lowest BCUT2D eigenvalue weighted by Crippen LogP contribution is -2.27. The van der Waals surface area contributed by atoms with E-state index in [0.717, 1.165) is 45.3 Å². The Hall–Kier alpha value is -2.81. The standard InChI is InChI=1S/C24H20N4OS3/c1-2-9-20-26-28-18(21(25-23(28)32-20)17-12-7-4-8-13-17)14-19-22(29)27(24(30)31-19)15-16-10-5-3-6-11-16/h3-8,10-14H,2,9,15H2,1H3/b19-14-. The van der Waals surface area contributed by atoms with Gasteiger partial charge in [-0.1, -0.05) is 103 Å². The van der Waals surface area contributed by atoms with Gasteiger partial charge < -0.3 is 0 Å². The van der Waals surface area contributed by atoms with Gasteiger partial charge in [0.05, 0.1) is 22.8 Å². The molecule has 0 radical (unpaired) electrons. The predicted molar refractivity (Wildman–Crippen MR) is 135 cm³/mol. The maximum absolute atomic E-state index is 13.2. The maximum Gasteiger partial charge on any atom is 0.266 e. The molecule has 1 saturated heterocycles. The second-order valence-corrected chi connectivity index (χ2v) is 10.1. The van der Waals surface area contributed by atoms with Crippen molar-refractivity contribution in [3.05, 3.63) is 81.8 Å². The molecule has 8 heteroatoms. The fraction of sp³-hybridized carbons (Fsp3) is 0.167. The van der Waals surface area contributed by atoms with Gasteiger partial charge in [0.1, 0.15) is 9.33 Å². The lowest BCUT2D eigenvalue weighted by molar-refractivity contribution is -0.122. The smallest absolute Gasteiger partial charge is 0.266 e. The van der Waals surface area contributed by atoms with E-state index in [1.54, 1.807) is 16.2 Å². The Labute approximate surface area is 199 Å². The average molecular weight is 477 g/mol.